The molecule has 0 aromatic heterocycles. The fraction of sp³-hybridized carbons (Fsp3) is 0.619. The summed E-state index contributed by atoms with van der Waals surface area (Å²) in [4.78, 5) is 26.7. The number of benzene rings is 1. The van der Waals surface area contributed by atoms with Gasteiger partial charge in [-0.05, 0) is 86.5 Å². The summed E-state index contributed by atoms with van der Waals surface area (Å²) in [6.07, 6.45) is 8.20. The van der Waals surface area contributed by atoms with Gasteiger partial charge in [-0.3, -0.25) is 9.59 Å². The van der Waals surface area contributed by atoms with E-state index in [2.05, 4.69) is 11.4 Å². The smallest absolute Gasteiger partial charge is 0.230 e. The first-order valence-corrected chi connectivity index (χ1v) is 9.75. The normalized spacial score (nSPS) is 34.9. The van der Waals surface area contributed by atoms with Crippen molar-refractivity contribution >= 4 is 23.2 Å². The van der Waals surface area contributed by atoms with Gasteiger partial charge in [0.05, 0.1) is 5.41 Å². The van der Waals surface area contributed by atoms with Crippen molar-refractivity contribution in [2.45, 2.75) is 51.9 Å². The van der Waals surface area contributed by atoms with Crippen LogP contribution in [-0.2, 0) is 16.0 Å². The van der Waals surface area contributed by atoms with Crippen LogP contribution in [0.5, 0.6) is 0 Å². The summed E-state index contributed by atoms with van der Waals surface area (Å²) in [6, 6.07) is 6.01. The lowest BCUT2D eigenvalue weighted by Crippen LogP contribution is -2.51. The van der Waals surface area contributed by atoms with E-state index < -0.39 is 0 Å². The molecule has 1 aromatic rings. The van der Waals surface area contributed by atoms with Crippen molar-refractivity contribution in [3.63, 3.8) is 0 Å². The van der Waals surface area contributed by atoms with Gasteiger partial charge in [0.1, 0.15) is 0 Å². The van der Waals surface area contributed by atoms with Gasteiger partial charge < -0.3 is 10.2 Å². The molecule has 0 atom stereocenters. The third-order valence-electron chi connectivity index (χ3n) is 7.13. The van der Waals surface area contributed by atoms with Crippen molar-refractivity contribution in [2.24, 2.45) is 23.2 Å². The molecule has 1 N–H and O–H groups in total. The zero-order valence-electron chi connectivity index (χ0n) is 14.9. The Hall–Kier alpha value is -1.84. The Kier molecular flexibility index (Phi) is 3.28. The Balaban J connectivity index is 1.36. The number of nitrogens with one attached hydrogen (secondary N) is 1. The van der Waals surface area contributed by atoms with Gasteiger partial charge in [0.15, 0.2) is 0 Å². The lowest BCUT2D eigenvalue weighted by molar-refractivity contribution is -0.140. The largest absolute Gasteiger partial charge is 0.326 e. The fourth-order valence-electron chi connectivity index (χ4n) is 6.46. The van der Waals surface area contributed by atoms with Crippen LogP contribution in [0.1, 0.15) is 51.0 Å². The first kappa shape index (κ1) is 15.4. The molecular formula is C21H26N2O2. The van der Waals surface area contributed by atoms with Crippen LogP contribution in [0.25, 0.3) is 0 Å². The van der Waals surface area contributed by atoms with Crippen LogP contribution in [0.2, 0.25) is 0 Å². The van der Waals surface area contributed by atoms with Crippen LogP contribution in [-0.4, -0.2) is 18.4 Å². The highest BCUT2D eigenvalue weighted by Gasteiger charge is 2.54. The number of nitrogens with zero attached hydrogens (tertiary/aromatic N) is 1. The van der Waals surface area contributed by atoms with Crippen molar-refractivity contribution in [3.8, 4) is 0 Å². The lowest BCUT2D eigenvalue weighted by atomic mass is 9.49. The molecule has 0 saturated heterocycles. The molecule has 1 aliphatic heterocycles. The van der Waals surface area contributed by atoms with E-state index in [0.29, 0.717) is 0 Å². The standard InChI is InChI=1S/C21H26N2O2/c1-13(24)23-5-4-17-9-18(2-3-19(17)23)22-20(25)21-10-14-6-15(11-21)8-16(7-14)12-21/h2-3,9,14-16H,4-8,10-12H2,1H3,(H,22,25). The first-order valence-electron chi connectivity index (χ1n) is 9.75. The van der Waals surface area contributed by atoms with Crippen LogP contribution >= 0.6 is 0 Å². The molecule has 5 aliphatic rings. The Labute approximate surface area is 149 Å². The van der Waals surface area contributed by atoms with Gasteiger partial charge >= 0.3 is 0 Å². The van der Waals surface area contributed by atoms with Gasteiger partial charge in [-0.2, -0.15) is 0 Å². The van der Waals surface area contributed by atoms with Crippen molar-refractivity contribution in [2.75, 3.05) is 16.8 Å². The Morgan fingerprint density at radius 3 is 2.32 bits per heavy atom. The Bertz CT molecular complexity index is 719. The second-order valence-corrected chi connectivity index (χ2v) is 8.92. The van der Waals surface area contributed by atoms with E-state index in [4.69, 9.17) is 0 Å². The molecule has 6 rings (SSSR count). The highest BCUT2D eigenvalue weighted by molar-refractivity contribution is 5.97. The number of fused-ring (bicyclic) bond motifs is 1. The number of carbonyl (C=O) groups is 2. The molecule has 0 unspecified atom stereocenters. The molecule has 4 heteroatoms. The van der Waals surface area contributed by atoms with Crippen molar-refractivity contribution < 1.29 is 9.59 Å². The van der Waals surface area contributed by atoms with Crippen LogP contribution in [0, 0.1) is 23.2 Å². The van der Waals surface area contributed by atoms with Gasteiger partial charge in [-0.25, -0.2) is 0 Å². The molecule has 4 saturated carbocycles. The lowest BCUT2D eigenvalue weighted by Gasteiger charge is -2.55. The molecule has 1 aromatic carbocycles. The van der Waals surface area contributed by atoms with Crippen LogP contribution < -0.4 is 10.2 Å². The molecule has 4 fully saturated rings. The number of anilines is 2. The quantitative estimate of drug-likeness (QED) is 0.893. The van der Waals surface area contributed by atoms with E-state index in [1.54, 1.807) is 6.92 Å². The van der Waals surface area contributed by atoms with Gasteiger partial charge in [-0.1, -0.05) is 0 Å². The summed E-state index contributed by atoms with van der Waals surface area (Å²) in [6.45, 7) is 2.36. The highest BCUT2D eigenvalue weighted by Crippen LogP contribution is 2.60. The van der Waals surface area contributed by atoms with E-state index in [-0.39, 0.29) is 17.2 Å². The maximum Gasteiger partial charge on any atom is 0.230 e. The first-order chi connectivity index (χ1) is 12.0. The SMILES string of the molecule is CC(=O)N1CCc2cc(NC(=O)C34CC5CC(CC(C5)C3)C4)ccc21. The second-order valence-electron chi connectivity index (χ2n) is 8.92. The van der Waals surface area contributed by atoms with E-state index >= 15 is 0 Å². The minimum atomic E-state index is -0.112. The van der Waals surface area contributed by atoms with E-state index in [1.807, 2.05) is 17.0 Å². The van der Waals surface area contributed by atoms with Gasteiger partial charge in [0.2, 0.25) is 11.8 Å². The van der Waals surface area contributed by atoms with Crippen molar-refractivity contribution in [3.05, 3.63) is 23.8 Å². The topological polar surface area (TPSA) is 49.4 Å². The summed E-state index contributed by atoms with van der Waals surface area (Å²) in [5.41, 5.74) is 2.95. The number of rotatable bonds is 2. The predicted molar refractivity (Wildman–Crippen MR) is 97.4 cm³/mol. The number of carbonyl (C=O) groups excluding carboxylic acids is 2. The molecule has 132 valence electrons. The van der Waals surface area contributed by atoms with Gasteiger partial charge in [0, 0.05) is 24.8 Å². The molecule has 4 aliphatic carbocycles. The second kappa shape index (κ2) is 5.33. The number of hydrogen-bond acceptors (Lipinski definition) is 2. The molecule has 1 heterocycles. The molecule has 4 nitrogen and oxygen atoms in total. The Morgan fingerprint density at radius 1 is 1.08 bits per heavy atom. The van der Waals surface area contributed by atoms with Crippen LogP contribution in [0.4, 0.5) is 11.4 Å². The van der Waals surface area contributed by atoms with Crippen LogP contribution in [0.3, 0.4) is 0 Å². The average molecular weight is 338 g/mol. The molecule has 25 heavy (non-hydrogen) atoms. The van der Waals surface area contributed by atoms with Crippen LogP contribution in [0.15, 0.2) is 18.2 Å². The van der Waals surface area contributed by atoms with E-state index in [9.17, 15) is 9.59 Å². The maximum absolute atomic E-state index is 13.2. The average Bonchev–Trinajstić information content (AvgIpc) is 2.97. The minimum Gasteiger partial charge on any atom is -0.326 e. The van der Waals surface area contributed by atoms with Crippen molar-refractivity contribution in [1.29, 1.82) is 0 Å². The van der Waals surface area contributed by atoms with E-state index in [1.165, 1.54) is 24.8 Å². The summed E-state index contributed by atoms with van der Waals surface area (Å²) in [5.74, 6) is 2.67. The zero-order chi connectivity index (χ0) is 17.2. The molecule has 4 bridgehead atoms. The summed E-state index contributed by atoms with van der Waals surface area (Å²) < 4.78 is 0. The zero-order valence-corrected chi connectivity index (χ0v) is 14.9. The molecule has 2 amide bonds. The predicted octanol–water partition coefficient (Wildman–Crippen LogP) is 3.75. The van der Waals surface area contributed by atoms with Gasteiger partial charge in [0.25, 0.3) is 0 Å². The fourth-order valence-corrected chi connectivity index (χ4v) is 6.46. The summed E-state index contributed by atoms with van der Waals surface area (Å²) in [5, 5.41) is 3.23. The summed E-state index contributed by atoms with van der Waals surface area (Å²) >= 11 is 0. The Morgan fingerprint density at radius 2 is 1.72 bits per heavy atom. The third kappa shape index (κ3) is 2.41. The van der Waals surface area contributed by atoms with Gasteiger partial charge in [-0.15, -0.1) is 0 Å². The highest BCUT2D eigenvalue weighted by atomic mass is 16.2. The maximum atomic E-state index is 13.2. The van der Waals surface area contributed by atoms with E-state index in [0.717, 1.165) is 61.4 Å². The minimum absolute atomic E-state index is 0.0871. The molecule has 0 radical (unpaired) electrons. The number of hydrogen-bond donors (Lipinski definition) is 1. The molecular weight excluding hydrogens is 312 g/mol. The number of amides is 2. The monoisotopic (exact) mass is 338 g/mol. The third-order valence-corrected chi connectivity index (χ3v) is 7.13. The van der Waals surface area contributed by atoms with Crippen molar-refractivity contribution in [1.82, 2.24) is 0 Å². The summed E-state index contributed by atoms with van der Waals surface area (Å²) in [7, 11) is 0. The molecule has 0 spiro atoms.